The van der Waals surface area contributed by atoms with Crippen molar-refractivity contribution < 1.29 is 4.79 Å². The van der Waals surface area contributed by atoms with Crippen LogP contribution in [0, 0.1) is 0 Å². The third-order valence-electron chi connectivity index (χ3n) is 1.94. The van der Waals surface area contributed by atoms with Crippen molar-refractivity contribution in [2.24, 2.45) is 10.7 Å². The summed E-state index contributed by atoms with van der Waals surface area (Å²) in [4.78, 5) is 15.6. The van der Waals surface area contributed by atoms with Gasteiger partial charge >= 0.3 is 0 Å². The Labute approximate surface area is 127 Å². The average molecular weight is 326 g/mol. The molecule has 0 saturated heterocycles. The molecule has 5 nitrogen and oxygen atoms in total. The summed E-state index contributed by atoms with van der Waals surface area (Å²) >= 11 is 16.5. The van der Waals surface area contributed by atoms with Crippen LogP contribution in [-0.4, -0.2) is 24.8 Å². The van der Waals surface area contributed by atoms with Crippen molar-refractivity contribution in [1.29, 1.82) is 0 Å². The molecule has 8 heteroatoms. The standard InChI is InChI=1S/C11H15Cl3N4O/c1-3-7(4-5-8(13)15)17-11(19)10(16-2)18-9(14)6-12/h3,5-7H,1,4,15H2,2H3,(H,16,18)(H,17,19)/b8-5-,9-6+. The van der Waals surface area contributed by atoms with Crippen LogP contribution in [-0.2, 0) is 4.79 Å². The summed E-state index contributed by atoms with van der Waals surface area (Å²) in [5.74, 6) is -0.429. The molecular formula is C11H15Cl3N4O. The van der Waals surface area contributed by atoms with E-state index in [9.17, 15) is 4.79 Å². The first kappa shape index (κ1) is 17.8. The molecule has 1 unspecified atom stereocenters. The number of nitrogens with one attached hydrogen (secondary N) is 2. The molecule has 1 amide bonds. The second kappa shape index (κ2) is 9.72. The Kier molecular flexibility index (Phi) is 9.12. The number of nitrogens with zero attached hydrogens (tertiary/aromatic N) is 1. The van der Waals surface area contributed by atoms with Gasteiger partial charge in [-0.15, -0.1) is 6.58 Å². The molecule has 0 radical (unpaired) electrons. The highest BCUT2D eigenvalue weighted by molar-refractivity contribution is 6.43. The molecule has 0 rings (SSSR count). The van der Waals surface area contributed by atoms with Crippen LogP contribution in [0.15, 0.2) is 39.6 Å². The van der Waals surface area contributed by atoms with E-state index in [0.717, 1.165) is 5.54 Å². The summed E-state index contributed by atoms with van der Waals surface area (Å²) in [6, 6.07) is -0.331. The first-order valence-corrected chi connectivity index (χ1v) is 6.38. The molecule has 1 atom stereocenters. The van der Waals surface area contributed by atoms with E-state index in [2.05, 4.69) is 22.2 Å². The molecule has 0 aromatic carbocycles. The van der Waals surface area contributed by atoms with E-state index >= 15 is 0 Å². The van der Waals surface area contributed by atoms with Crippen LogP contribution in [0.25, 0.3) is 0 Å². The molecule has 0 aromatic rings. The SMILES string of the molecule is C=CC(C/C=C(\N)Cl)NC(=O)C(=NC)N/C(Cl)=C/Cl. The van der Waals surface area contributed by atoms with Gasteiger partial charge in [0.25, 0.3) is 5.91 Å². The zero-order valence-electron chi connectivity index (χ0n) is 10.3. The van der Waals surface area contributed by atoms with Gasteiger partial charge < -0.3 is 16.4 Å². The van der Waals surface area contributed by atoms with Crippen LogP contribution in [0.3, 0.4) is 0 Å². The number of nitrogens with two attached hydrogens (primary N) is 1. The van der Waals surface area contributed by atoms with E-state index < -0.39 is 5.91 Å². The van der Waals surface area contributed by atoms with Gasteiger partial charge in [0.05, 0.1) is 11.2 Å². The fourth-order valence-corrected chi connectivity index (χ4v) is 1.28. The second-order valence-corrected chi connectivity index (χ2v) is 4.36. The Hall–Kier alpha value is -1.17. The highest BCUT2D eigenvalue weighted by atomic mass is 35.5. The minimum atomic E-state index is -0.453. The molecule has 0 spiro atoms. The summed E-state index contributed by atoms with van der Waals surface area (Å²) in [6.07, 6.45) is 3.54. The number of carbonyl (C=O) groups is 1. The monoisotopic (exact) mass is 324 g/mol. The third kappa shape index (κ3) is 7.77. The van der Waals surface area contributed by atoms with E-state index in [-0.39, 0.29) is 22.2 Å². The molecule has 0 aliphatic heterocycles. The summed E-state index contributed by atoms with van der Waals surface area (Å²) in [7, 11) is 1.44. The molecule has 19 heavy (non-hydrogen) atoms. The quantitative estimate of drug-likeness (QED) is 0.313. The third-order valence-corrected chi connectivity index (χ3v) is 2.63. The molecule has 0 bridgehead atoms. The smallest absolute Gasteiger partial charge is 0.287 e. The van der Waals surface area contributed by atoms with Gasteiger partial charge in [-0.05, 0) is 12.5 Å². The maximum Gasteiger partial charge on any atom is 0.287 e. The Morgan fingerprint density at radius 2 is 2.16 bits per heavy atom. The lowest BCUT2D eigenvalue weighted by molar-refractivity contribution is -0.115. The van der Waals surface area contributed by atoms with E-state index in [4.69, 9.17) is 40.5 Å². The summed E-state index contributed by atoms with van der Waals surface area (Å²) in [5, 5.41) is 5.44. The van der Waals surface area contributed by atoms with Crippen molar-refractivity contribution in [3.63, 3.8) is 0 Å². The maximum absolute atomic E-state index is 11.9. The number of amidine groups is 1. The van der Waals surface area contributed by atoms with Crippen molar-refractivity contribution >= 4 is 46.5 Å². The van der Waals surface area contributed by atoms with Gasteiger partial charge in [-0.2, -0.15) is 0 Å². The molecule has 0 fully saturated rings. The van der Waals surface area contributed by atoms with Gasteiger partial charge in [-0.1, -0.05) is 40.9 Å². The highest BCUT2D eigenvalue weighted by Crippen LogP contribution is 2.01. The van der Waals surface area contributed by atoms with Gasteiger partial charge in [0.1, 0.15) is 5.16 Å². The van der Waals surface area contributed by atoms with Gasteiger partial charge in [0, 0.05) is 12.6 Å². The number of amides is 1. The van der Waals surface area contributed by atoms with Gasteiger partial charge in [-0.3, -0.25) is 9.79 Å². The molecule has 0 saturated carbocycles. The van der Waals surface area contributed by atoms with Crippen molar-refractivity contribution in [3.8, 4) is 0 Å². The van der Waals surface area contributed by atoms with Crippen LogP contribution in [0.5, 0.6) is 0 Å². The number of aliphatic imine (C=N–C) groups is 1. The lowest BCUT2D eigenvalue weighted by Gasteiger charge is -2.14. The lowest BCUT2D eigenvalue weighted by atomic mass is 10.2. The van der Waals surface area contributed by atoms with Crippen molar-refractivity contribution in [1.82, 2.24) is 10.6 Å². The summed E-state index contributed by atoms with van der Waals surface area (Å²) < 4.78 is 0. The summed E-state index contributed by atoms with van der Waals surface area (Å²) in [6.45, 7) is 3.61. The van der Waals surface area contributed by atoms with Gasteiger partial charge in [0.15, 0.2) is 5.84 Å². The first-order chi connectivity index (χ1) is 8.94. The number of rotatable bonds is 5. The minimum absolute atomic E-state index is 0.0246. The van der Waals surface area contributed by atoms with Gasteiger partial charge in [0.2, 0.25) is 0 Å². The lowest BCUT2D eigenvalue weighted by Crippen LogP contribution is -2.43. The number of hydrogen-bond donors (Lipinski definition) is 3. The molecule has 0 aliphatic carbocycles. The van der Waals surface area contributed by atoms with Crippen molar-refractivity contribution in [2.45, 2.75) is 12.5 Å². The number of hydrogen-bond acceptors (Lipinski definition) is 3. The Morgan fingerprint density at radius 3 is 2.58 bits per heavy atom. The van der Waals surface area contributed by atoms with Crippen LogP contribution < -0.4 is 16.4 Å². The molecule has 0 aromatic heterocycles. The van der Waals surface area contributed by atoms with E-state index in [0.29, 0.717) is 6.42 Å². The first-order valence-electron chi connectivity index (χ1n) is 5.18. The van der Waals surface area contributed by atoms with Crippen LogP contribution >= 0.6 is 34.8 Å². The molecular weight excluding hydrogens is 311 g/mol. The normalized spacial score (nSPS) is 14.8. The van der Waals surface area contributed by atoms with E-state index in [1.54, 1.807) is 12.2 Å². The Balaban J connectivity index is 4.63. The summed E-state index contributed by atoms with van der Waals surface area (Å²) in [5.41, 5.74) is 6.39. The number of halogens is 3. The fourth-order valence-electron chi connectivity index (χ4n) is 1.04. The zero-order chi connectivity index (χ0) is 14.8. The van der Waals surface area contributed by atoms with Crippen LogP contribution in [0.1, 0.15) is 6.42 Å². The largest absolute Gasteiger partial charge is 0.390 e. The van der Waals surface area contributed by atoms with Crippen molar-refractivity contribution in [3.05, 3.63) is 34.6 Å². The van der Waals surface area contributed by atoms with E-state index in [1.807, 2.05) is 0 Å². The Morgan fingerprint density at radius 1 is 1.53 bits per heavy atom. The van der Waals surface area contributed by atoms with Crippen LogP contribution in [0.4, 0.5) is 0 Å². The molecule has 106 valence electrons. The maximum atomic E-state index is 11.9. The average Bonchev–Trinajstić information content (AvgIpc) is 2.39. The predicted molar refractivity (Wildman–Crippen MR) is 81.2 cm³/mol. The fraction of sp³-hybridized carbons (Fsp3) is 0.273. The van der Waals surface area contributed by atoms with Gasteiger partial charge in [-0.25, -0.2) is 0 Å². The Bertz CT molecular complexity index is 414. The zero-order valence-corrected chi connectivity index (χ0v) is 12.6. The second-order valence-electron chi connectivity index (χ2n) is 3.29. The topological polar surface area (TPSA) is 79.5 Å². The highest BCUT2D eigenvalue weighted by Gasteiger charge is 2.14. The molecule has 0 heterocycles. The minimum Gasteiger partial charge on any atom is -0.390 e. The molecule has 4 N–H and O–H groups in total. The number of carbonyl (C=O) groups excluding carboxylic acids is 1. The van der Waals surface area contributed by atoms with E-state index in [1.165, 1.54) is 7.05 Å². The van der Waals surface area contributed by atoms with Crippen LogP contribution in [0.2, 0.25) is 0 Å². The molecule has 0 aliphatic rings. The predicted octanol–water partition coefficient (Wildman–Crippen LogP) is 1.98. The van der Waals surface area contributed by atoms with Crippen molar-refractivity contribution in [2.75, 3.05) is 7.05 Å².